The van der Waals surface area contributed by atoms with Gasteiger partial charge < -0.3 is 5.32 Å². The molecular formula is C23H20N4O4S. The summed E-state index contributed by atoms with van der Waals surface area (Å²) in [6, 6.07) is 18.2. The zero-order valence-corrected chi connectivity index (χ0v) is 18.2. The Hall–Kier alpha value is -3.82. The lowest BCUT2D eigenvalue weighted by molar-refractivity contribution is 0.102. The van der Waals surface area contributed by atoms with E-state index in [1.165, 1.54) is 24.0 Å². The summed E-state index contributed by atoms with van der Waals surface area (Å²) >= 11 is 0. The first-order valence-electron chi connectivity index (χ1n) is 9.72. The molecule has 0 aliphatic carbocycles. The van der Waals surface area contributed by atoms with Crippen molar-refractivity contribution < 1.29 is 13.2 Å². The predicted molar refractivity (Wildman–Crippen MR) is 123 cm³/mol. The van der Waals surface area contributed by atoms with Gasteiger partial charge in [-0.2, -0.15) is 0 Å². The number of sulfonamides is 1. The second-order valence-electron chi connectivity index (χ2n) is 7.13. The van der Waals surface area contributed by atoms with Gasteiger partial charge in [-0.1, -0.05) is 18.2 Å². The number of aromatic nitrogens is 2. The highest BCUT2D eigenvalue weighted by molar-refractivity contribution is 7.89. The molecule has 0 radical (unpaired) electrons. The highest BCUT2D eigenvalue weighted by Gasteiger charge is 2.16. The monoisotopic (exact) mass is 448 g/mol. The summed E-state index contributed by atoms with van der Waals surface area (Å²) in [7, 11) is -2.32. The van der Waals surface area contributed by atoms with Crippen molar-refractivity contribution in [3.8, 4) is 5.69 Å². The molecule has 0 aliphatic heterocycles. The molecule has 1 amide bonds. The van der Waals surface area contributed by atoms with Crippen molar-refractivity contribution in [2.24, 2.45) is 0 Å². The average molecular weight is 449 g/mol. The Balaban J connectivity index is 1.59. The van der Waals surface area contributed by atoms with Crippen molar-refractivity contribution in [2.75, 3.05) is 12.4 Å². The number of amides is 1. The van der Waals surface area contributed by atoms with E-state index in [9.17, 15) is 18.0 Å². The summed E-state index contributed by atoms with van der Waals surface area (Å²) in [6.45, 7) is 1.68. The molecule has 3 aromatic carbocycles. The molecule has 4 aromatic rings. The number of hydrogen-bond acceptors (Lipinski definition) is 5. The van der Waals surface area contributed by atoms with Crippen LogP contribution >= 0.6 is 0 Å². The molecule has 0 bridgehead atoms. The van der Waals surface area contributed by atoms with E-state index in [-0.39, 0.29) is 10.5 Å². The molecule has 0 saturated carbocycles. The minimum Gasteiger partial charge on any atom is -0.322 e. The van der Waals surface area contributed by atoms with Gasteiger partial charge in [0.2, 0.25) is 10.0 Å². The van der Waals surface area contributed by atoms with Crippen LogP contribution in [0, 0.1) is 6.92 Å². The topological polar surface area (TPSA) is 110 Å². The Morgan fingerprint density at radius 1 is 1.00 bits per heavy atom. The summed E-state index contributed by atoms with van der Waals surface area (Å²) < 4.78 is 28.0. The first-order chi connectivity index (χ1) is 15.3. The van der Waals surface area contributed by atoms with Crippen LogP contribution in [0.2, 0.25) is 0 Å². The normalized spacial score (nSPS) is 11.4. The molecular weight excluding hydrogens is 428 g/mol. The van der Waals surface area contributed by atoms with Crippen LogP contribution in [-0.4, -0.2) is 30.9 Å². The Morgan fingerprint density at radius 3 is 2.44 bits per heavy atom. The fourth-order valence-corrected chi connectivity index (χ4v) is 4.30. The van der Waals surface area contributed by atoms with E-state index in [0.29, 0.717) is 33.4 Å². The number of aryl methyl sites for hydroxylation is 1. The van der Waals surface area contributed by atoms with Gasteiger partial charge in [-0.05, 0) is 68.1 Å². The van der Waals surface area contributed by atoms with Crippen molar-refractivity contribution in [3.05, 3.63) is 94.5 Å². The summed E-state index contributed by atoms with van der Waals surface area (Å²) in [5.74, 6) is -0.405. The minimum atomic E-state index is -3.65. The number of anilines is 1. The van der Waals surface area contributed by atoms with Gasteiger partial charge in [-0.15, -0.1) is 0 Å². The van der Waals surface area contributed by atoms with E-state index in [0.717, 1.165) is 0 Å². The Labute approximate surface area is 184 Å². The van der Waals surface area contributed by atoms with Crippen LogP contribution in [0.5, 0.6) is 0 Å². The van der Waals surface area contributed by atoms with E-state index < -0.39 is 15.9 Å². The molecule has 8 nitrogen and oxygen atoms in total. The number of fused-ring (bicyclic) bond motifs is 1. The fraction of sp³-hybridized carbons (Fsp3) is 0.0870. The van der Waals surface area contributed by atoms with Crippen LogP contribution in [0.1, 0.15) is 15.9 Å². The highest BCUT2D eigenvalue weighted by Crippen LogP contribution is 2.21. The van der Waals surface area contributed by atoms with Crippen LogP contribution in [0.4, 0.5) is 5.69 Å². The molecule has 0 spiro atoms. The van der Waals surface area contributed by atoms with Gasteiger partial charge in [0.1, 0.15) is 6.33 Å². The maximum Gasteiger partial charge on any atom is 0.265 e. The second-order valence-corrected chi connectivity index (χ2v) is 8.98. The molecule has 9 heteroatoms. The lowest BCUT2D eigenvalue weighted by atomic mass is 10.1. The maximum absolute atomic E-state index is 12.7. The van der Waals surface area contributed by atoms with Gasteiger partial charge in [0.05, 0.1) is 21.5 Å². The number of nitrogens with one attached hydrogen (secondary N) is 2. The van der Waals surface area contributed by atoms with Gasteiger partial charge in [-0.25, -0.2) is 18.1 Å². The number of rotatable bonds is 5. The molecule has 4 rings (SSSR count). The SMILES string of the molecule is CNS(=O)(=O)c1cc(NC(=O)c2ccc(-n3cnc4ccccc4c3=O)cc2)ccc1C. The quantitative estimate of drug-likeness (QED) is 0.488. The number of carbonyl (C=O) groups is 1. The van der Waals surface area contributed by atoms with E-state index in [4.69, 9.17) is 0 Å². The summed E-state index contributed by atoms with van der Waals surface area (Å²) in [6.07, 6.45) is 1.45. The zero-order chi connectivity index (χ0) is 22.9. The van der Waals surface area contributed by atoms with Crippen molar-refractivity contribution in [3.63, 3.8) is 0 Å². The lowest BCUT2D eigenvalue weighted by Crippen LogP contribution is -2.20. The van der Waals surface area contributed by atoms with E-state index >= 15 is 0 Å². The number of benzene rings is 3. The number of nitrogens with zero attached hydrogens (tertiary/aromatic N) is 2. The molecule has 2 N–H and O–H groups in total. The minimum absolute atomic E-state index is 0.0938. The van der Waals surface area contributed by atoms with E-state index in [1.807, 2.05) is 6.07 Å². The third-order valence-corrected chi connectivity index (χ3v) is 6.63. The molecule has 0 saturated heterocycles. The summed E-state index contributed by atoms with van der Waals surface area (Å²) in [5.41, 5.74) is 2.26. The fourth-order valence-electron chi connectivity index (χ4n) is 3.31. The second kappa shape index (κ2) is 8.37. The van der Waals surface area contributed by atoms with Crippen LogP contribution < -0.4 is 15.6 Å². The van der Waals surface area contributed by atoms with Crippen molar-refractivity contribution in [1.29, 1.82) is 0 Å². The number of carbonyl (C=O) groups excluding carboxylic acids is 1. The van der Waals surface area contributed by atoms with Gasteiger partial charge in [0, 0.05) is 11.3 Å². The first-order valence-corrected chi connectivity index (χ1v) is 11.2. The third kappa shape index (κ3) is 4.03. The lowest BCUT2D eigenvalue weighted by Gasteiger charge is -2.11. The van der Waals surface area contributed by atoms with Crippen molar-refractivity contribution >= 4 is 32.5 Å². The van der Waals surface area contributed by atoms with E-state index in [1.54, 1.807) is 61.5 Å². The van der Waals surface area contributed by atoms with Crippen molar-refractivity contribution in [2.45, 2.75) is 11.8 Å². The van der Waals surface area contributed by atoms with Gasteiger partial charge in [0.25, 0.3) is 11.5 Å². The smallest absolute Gasteiger partial charge is 0.265 e. The van der Waals surface area contributed by atoms with Crippen LogP contribution in [0.15, 0.2) is 82.7 Å². The van der Waals surface area contributed by atoms with Gasteiger partial charge in [-0.3, -0.25) is 14.2 Å². The summed E-state index contributed by atoms with van der Waals surface area (Å²) in [5, 5.41) is 3.21. The maximum atomic E-state index is 12.7. The third-order valence-electron chi connectivity index (χ3n) is 5.08. The molecule has 0 fully saturated rings. The summed E-state index contributed by atoms with van der Waals surface area (Å²) in [4.78, 5) is 29.8. The molecule has 32 heavy (non-hydrogen) atoms. The molecule has 0 aliphatic rings. The zero-order valence-electron chi connectivity index (χ0n) is 17.4. The highest BCUT2D eigenvalue weighted by atomic mass is 32.2. The van der Waals surface area contributed by atoms with Crippen LogP contribution in [-0.2, 0) is 10.0 Å². The average Bonchev–Trinajstić information content (AvgIpc) is 2.81. The number of para-hydroxylation sites is 1. The van der Waals surface area contributed by atoms with Crippen LogP contribution in [0.3, 0.4) is 0 Å². The standard InChI is InChI=1S/C23H20N4O4S/c1-15-7-10-17(13-21(15)32(30,31)24-2)26-22(28)16-8-11-18(12-9-16)27-14-25-20-6-4-3-5-19(20)23(27)29/h3-14,24H,1-2H3,(H,26,28). The first kappa shape index (κ1) is 21.4. The largest absolute Gasteiger partial charge is 0.322 e. The molecule has 162 valence electrons. The van der Waals surface area contributed by atoms with Gasteiger partial charge >= 0.3 is 0 Å². The Bertz CT molecular complexity index is 1490. The number of hydrogen-bond donors (Lipinski definition) is 2. The molecule has 0 atom stereocenters. The van der Waals surface area contributed by atoms with E-state index in [2.05, 4.69) is 15.0 Å². The van der Waals surface area contributed by atoms with Crippen molar-refractivity contribution in [1.82, 2.24) is 14.3 Å². The Morgan fingerprint density at radius 2 is 1.72 bits per heavy atom. The van der Waals surface area contributed by atoms with Crippen LogP contribution in [0.25, 0.3) is 16.6 Å². The molecule has 1 aromatic heterocycles. The molecule has 1 heterocycles. The Kier molecular flexibility index (Phi) is 5.60. The van der Waals surface area contributed by atoms with Gasteiger partial charge in [0.15, 0.2) is 0 Å². The molecule has 0 unspecified atom stereocenters. The predicted octanol–water partition coefficient (Wildman–Crippen LogP) is 2.85.